The van der Waals surface area contributed by atoms with Crippen molar-refractivity contribution in [1.82, 2.24) is 19.4 Å². The minimum Gasteiger partial charge on any atom is -0.492 e. The van der Waals surface area contributed by atoms with Gasteiger partial charge in [0.2, 0.25) is 5.95 Å². The first-order valence-corrected chi connectivity index (χ1v) is 9.78. The molecule has 148 valence electrons. The third-order valence-electron chi connectivity index (χ3n) is 5.54. The van der Waals surface area contributed by atoms with Crippen LogP contribution in [0.1, 0.15) is 24.1 Å². The summed E-state index contributed by atoms with van der Waals surface area (Å²) in [5, 5.41) is 0.744. The summed E-state index contributed by atoms with van der Waals surface area (Å²) in [6.45, 7) is 6.02. The van der Waals surface area contributed by atoms with E-state index < -0.39 is 0 Å². The van der Waals surface area contributed by atoms with Crippen LogP contribution in [0, 0.1) is 12.8 Å². The van der Waals surface area contributed by atoms with Crippen LogP contribution in [-0.4, -0.2) is 39.1 Å². The molecule has 1 aliphatic heterocycles. The molecule has 1 fully saturated rings. The van der Waals surface area contributed by atoms with Crippen molar-refractivity contribution in [3.63, 3.8) is 0 Å². The molecule has 0 unspecified atom stereocenters. The van der Waals surface area contributed by atoms with Crippen LogP contribution in [0.5, 0.6) is 5.75 Å². The number of hydrogen-bond acceptors (Lipinski definition) is 6. The van der Waals surface area contributed by atoms with E-state index in [0.29, 0.717) is 18.3 Å². The van der Waals surface area contributed by atoms with Crippen LogP contribution in [0.2, 0.25) is 0 Å². The number of nitrogen functional groups attached to an aromatic ring is 2. The van der Waals surface area contributed by atoms with Crippen molar-refractivity contribution < 1.29 is 4.74 Å². The number of hydrogen-bond donors (Lipinski definition) is 2. The summed E-state index contributed by atoms with van der Waals surface area (Å²) in [5.74, 6) is 1.82. The summed E-state index contributed by atoms with van der Waals surface area (Å²) >= 11 is 0. The summed E-state index contributed by atoms with van der Waals surface area (Å²) in [4.78, 5) is 10.8. The molecule has 0 spiro atoms. The average molecular weight is 380 g/mol. The highest BCUT2D eigenvalue weighted by atomic mass is 16.5. The topological polar surface area (TPSA) is 95.2 Å². The minimum absolute atomic E-state index is 0.183. The van der Waals surface area contributed by atoms with Crippen LogP contribution in [0.4, 0.5) is 11.8 Å². The maximum absolute atomic E-state index is 6.13. The van der Waals surface area contributed by atoms with Crippen molar-refractivity contribution in [3.05, 3.63) is 41.7 Å². The predicted molar refractivity (Wildman–Crippen MR) is 112 cm³/mol. The van der Waals surface area contributed by atoms with Crippen molar-refractivity contribution in [1.29, 1.82) is 0 Å². The highest BCUT2D eigenvalue weighted by Crippen LogP contribution is 2.30. The van der Waals surface area contributed by atoms with Gasteiger partial charge in [-0.25, -0.2) is 4.98 Å². The van der Waals surface area contributed by atoms with Gasteiger partial charge >= 0.3 is 0 Å². The fourth-order valence-electron chi connectivity index (χ4n) is 4.01. The number of likely N-dealkylation sites (tertiary alicyclic amines) is 1. The van der Waals surface area contributed by atoms with Gasteiger partial charge in [-0.15, -0.1) is 0 Å². The van der Waals surface area contributed by atoms with E-state index in [0.717, 1.165) is 49.1 Å². The van der Waals surface area contributed by atoms with Gasteiger partial charge in [-0.3, -0.25) is 4.90 Å². The van der Waals surface area contributed by atoms with Gasteiger partial charge in [0.05, 0.1) is 17.5 Å². The lowest BCUT2D eigenvalue weighted by molar-refractivity contribution is 0.135. The highest BCUT2D eigenvalue weighted by molar-refractivity contribution is 5.94. The van der Waals surface area contributed by atoms with Crippen molar-refractivity contribution >= 4 is 22.7 Å². The molecular formula is C21H28N6O. The van der Waals surface area contributed by atoms with Gasteiger partial charge in [-0.1, -0.05) is 6.07 Å². The number of nitrogens with zero attached hydrogens (tertiary/aromatic N) is 4. The lowest BCUT2D eigenvalue weighted by Gasteiger charge is -2.32. The molecule has 28 heavy (non-hydrogen) atoms. The summed E-state index contributed by atoms with van der Waals surface area (Å²) in [5.41, 5.74) is 15.2. The van der Waals surface area contributed by atoms with Gasteiger partial charge in [-0.2, -0.15) is 4.98 Å². The van der Waals surface area contributed by atoms with Crippen LogP contribution >= 0.6 is 0 Å². The number of anilines is 2. The zero-order valence-electron chi connectivity index (χ0n) is 16.6. The molecule has 0 atom stereocenters. The minimum atomic E-state index is 0.183. The molecule has 2 aromatic heterocycles. The Kier molecular flexibility index (Phi) is 5.09. The SMILES string of the molecule is Cc1cc(CN2CCC(COc3cccc4nc(N)nc(N)c34)CC2)n(C)c1. The predicted octanol–water partition coefficient (Wildman–Crippen LogP) is 2.73. The molecule has 0 saturated carbocycles. The molecule has 3 aromatic rings. The number of aromatic nitrogens is 3. The molecule has 7 nitrogen and oxygen atoms in total. The zero-order valence-corrected chi connectivity index (χ0v) is 16.6. The zero-order chi connectivity index (χ0) is 19.7. The maximum atomic E-state index is 6.13. The molecule has 0 amide bonds. The van der Waals surface area contributed by atoms with Gasteiger partial charge in [0, 0.05) is 25.5 Å². The Morgan fingerprint density at radius 2 is 1.96 bits per heavy atom. The van der Waals surface area contributed by atoms with E-state index in [1.165, 1.54) is 11.3 Å². The lowest BCUT2D eigenvalue weighted by Crippen LogP contribution is -2.35. The monoisotopic (exact) mass is 380 g/mol. The Morgan fingerprint density at radius 1 is 1.18 bits per heavy atom. The number of fused-ring (bicyclic) bond motifs is 1. The first-order valence-electron chi connectivity index (χ1n) is 9.78. The maximum Gasteiger partial charge on any atom is 0.222 e. The third kappa shape index (κ3) is 3.89. The van der Waals surface area contributed by atoms with E-state index in [4.69, 9.17) is 16.2 Å². The molecule has 1 aromatic carbocycles. The van der Waals surface area contributed by atoms with Crippen molar-refractivity contribution in [2.45, 2.75) is 26.3 Å². The van der Waals surface area contributed by atoms with E-state index >= 15 is 0 Å². The quantitative estimate of drug-likeness (QED) is 0.707. The molecule has 0 radical (unpaired) electrons. The molecule has 4 rings (SSSR count). The Hall–Kier alpha value is -2.80. The van der Waals surface area contributed by atoms with Gasteiger partial charge in [-0.05, 0) is 62.5 Å². The van der Waals surface area contributed by atoms with Crippen molar-refractivity contribution in [2.24, 2.45) is 13.0 Å². The Bertz CT molecular complexity index is 974. The van der Waals surface area contributed by atoms with Crippen LogP contribution in [0.15, 0.2) is 30.5 Å². The normalized spacial score (nSPS) is 15.9. The van der Waals surface area contributed by atoms with E-state index in [9.17, 15) is 0 Å². The largest absolute Gasteiger partial charge is 0.492 e. The molecule has 0 aliphatic carbocycles. The lowest BCUT2D eigenvalue weighted by atomic mass is 9.97. The number of aryl methyl sites for hydroxylation is 2. The van der Waals surface area contributed by atoms with Gasteiger partial charge in [0.15, 0.2) is 0 Å². The number of rotatable bonds is 5. The number of piperidine rings is 1. The second-order valence-corrected chi connectivity index (χ2v) is 7.77. The van der Waals surface area contributed by atoms with Crippen LogP contribution in [0.3, 0.4) is 0 Å². The number of benzene rings is 1. The summed E-state index contributed by atoms with van der Waals surface area (Å²) in [6, 6.07) is 7.98. The summed E-state index contributed by atoms with van der Waals surface area (Å²) < 4.78 is 8.36. The second-order valence-electron chi connectivity index (χ2n) is 7.77. The van der Waals surface area contributed by atoms with E-state index in [1.807, 2.05) is 18.2 Å². The molecule has 1 saturated heterocycles. The highest BCUT2D eigenvalue weighted by Gasteiger charge is 2.21. The van der Waals surface area contributed by atoms with Crippen molar-refractivity contribution in [2.75, 3.05) is 31.2 Å². The smallest absolute Gasteiger partial charge is 0.222 e. The third-order valence-corrected chi connectivity index (χ3v) is 5.54. The van der Waals surface area contributed by atoms with Gasteiger partial charge in [0.1, 0.15) is 11.6 Å². The Balaban J connectivity index is 1.35. The Morgan fingerprint density at radius 3 is 2.68 bits per heavy atom. The van der Waals surface area contributed by atoms with Crippen LogP contribution in [0.25, 0.3) is 10.9 Å². The molecule has 7 heteroatoms. The molecular weight excluding hydrogens is 352 g/mol. The standard InChI is InChI=1S/C21H28N6O/c1-14-10-16(26(2)11-14)12-27-8-6-15(7-9-27)13-28-18-5-3-4-17-19(18)20(22)25-21(23)24-17/h3-5,10-11,15H,6-9,12-13H2,1-2H3,(H4,22,23,24,25). The molecule has 4 N–H and O–H groups in total. The number of nitrogens with two attached hydrogens (primary N) is 2. The summed E-state index contributed by atoms with van der Waals surface area (Å²) in [7, 11) is 2.12. The molecule has 3 heterocycles. The Labute approximate surface area is 165 Å². The van der Waals surface area contributed by atoms with E-state index in [2.05, 4.69) is 45.7 Å². The van der Waals surface area contributed by atoms with Crippen LogP contribution in [-0.2, 0) is 13.6 Å². The van der Waals surface area contributed by atoms with Gasteiger partial charge in [0.25, 0.3) is 0 Å². The number of ether oxygens (including phenoxy) is 1. The second kappa shape index (κ2) is 7.67. The van der Waals surface area contributed by atoms with Crippen molar-refractivity contribution in [3.8, 4) is 5.75 Å². The van der Waals surface area contributed by atoms with E-state index in [-0.39, 0.29) is 5.95 Å². The van der Waals surface area contributed by atoms with Gasteiger partial charge < -0.3 is 20.8 Å². The average Bonchev–Trinajstić information content (AvgIpc) is 2.97. The molecule has 1 aliphatic rings. The fourth-order valence-corrected chi connectivity index (χ4v) is 4.01. The first-order chi connectivity index (χ1) is 13.5. The fraction of sp³-hybridized carbons (Fsp3) is 0.429. The first kappa shape index (κ1) is 18.6. The van der Waals surface area contributed by atoms with E-state index in [1.54, 1.807) is 0 Å². The molecule has 0 bridgehead atoms. The van der Waals surface area contributed by atoms with Crippen LogP contribution < -0.4 is 16.2 Å². The summed E-state index contributed by atoms with van der Waals surface area (Å²) in [6.07, 6.45) is 4.45.